The van der Waals surface area contributed by atoms with Gasteiger partial charge in [-0.3, -0.25) is 18.7 Å². The van der Waals surface area contributed by atoms with Gasteiger partial charge in [0.2, 0.25) is 5.91 Å². The number of nitrogens with zero attached hydrogens (tertiary/aromatic N) is 4. The number of carbonyl (C=O) groups is 1. The van der Waals surface area contributed by atoms with E-state index < -0.39 is 5.69 Å². The minimum absolute atomic E-state index is 0.189. The van der Waals surface area contributed by atoms with Crippen LogP contribution in [0, 0.1) is 0 Å². The summed E-state index contributed by atoms with van der Waals surface area (Å²) in [6, 6.07) is 14.3. The predicted octanol–water partition coefficient (Wildman–Crippen LogP) is 2.07. The van der Waals surface area contributed by atoms with Gasteiger partial charge in [-0.2, -0.15) is 0 Å². The fourth-order valence-electron chi connectivity index (χ4n) is 3.49. The van der Waals surface area contributed by atoms with Crippen LogP contribution in [0.3, 0.4) is 0 Å². The third-order valence-electron chi connectivity index (χ3n) is 4.89. The van der Waals surface area contributed by atoms with E-state index in [4.69, 9.17) is 0 Å². The average Bonchev–Trinajstić information content (AvgIpc) is 3.25. The van der Waals surface area contributed by atoms with Crippen molar-refractivity contribution in [2.45, 2.75) is 26.6 Å². The highest BCUT2D eigenvalue weighted by Gasteiger charge is 2.14. The molecule has 0 aliphatic rings. The summed E-state index contributed by atoms with van der Waals surface area (Å²) in [5.41, 5.74) is 1.25. The summed E-state index contributed by atoms with van der Waals surface area (Å²) in [5.74, 6) is -0.344. The Balaban J connectivity index is 1.60. The van der Waals surface area contributed by atoms with Gasteiger partial charge in [-0.05, 0) is 36.8 Å². The molecular formula is C22H21N5O3. The standard InChI is InChI=1S/C22H21N5O3/c1-2-26-21(29)18-8-3-4-9-19(18)27(22(26)30)14-20(28)24-17-7-5-6-16(12-17)13-25-11-10-23-15-25/h3-12,15H,2,13-14H2,1H3,(H,24,28). The number of rotatable bonds is 6. The van der Waals surface area contributed by atoms with E-state index in [0.717, 1.165) is 10.1 Å². The Morgan fingerprint density at radius 3 is 2.67 bits per heavy atom. The molecule has 0 saturated heterocycles. The molecule has 0 fully saturated rings. The van der Waals surface area contributed by atoms with E-state index in [1.807, 2.05) is 29.0 Å². The quantitative estimate of drug-likeness (QED) is 0.534. The number of imidazole rings is 1. The van der Waals surface area contributed by atoms with Crippen LogP contribution in [0.5, 0.6) is 0 Å². The van der Waals surface area contributed by atoms with Crippen LogP contribution in [0.15, 0.2) is 76.8 Å². The second-order valence-corrected chi connectivity index (χ2v) is 6.92. The smallest absolute Gasteiger partial charge is 0.331 e. The Labute approximate surface area is 172 Å². The summed E-state index contributed by atoms with van der Waals surface area (Å²) < 4.78 is 4.41. The molecule has 8 nitrogen and oxygen atoms in total. The first kappa shape index (κ1) is 19.4. The molecule has 0 saturated carbocycles. The average molecular weight is 403 g/mol. The highest BCUT2D eigenvalue weighted by Crippen LogP contribution is 2.13. The van der Waals surface area contributed by atoms with Crippen molar-refractivity contribution in [1.29, 1.82) is 0 Å². The molecule has 30 heavy (non-hydrogen) atoms. The van der Waals surface area contributed by atoms with Gasteiger partial charge in [0.05, 0.1) is 17.2 Å². The molecule has 0 atom stereocenters. The lowest BCUT2D eigenvalue weighted by Gasteiger charge is -2.13. The molecule has 4 rings (SSSR count). The topological polar surface area (TPSA) is 90.9 Å². The van der Waals surface area contributed by atoms with Gasteiger partial charge in [0, 0.05) is 31.2 Å². The fourth-order valence-corrected chi connectivity index (χ4v) is 3.49. The Morgan fingerprint density at radius 1 is 1.07 bits per heavy atom. The summed E-state index contributed by atoms with van der Waals surface area (Å²) in [5, 5.41) is 3.25. The first-order chi connectivity index (χ1) is 14.6. The van der Waals surface area contributed by atoms with Gasteiger partial charge >= 0.3 is 5.69 Å². The van der Waals surface area contributed by atoms with Crippen molar-refractivity contribution in [2.75, 3.05) is 5.32 Å². The Bertz CT molecular complexity index is 1320. The molecule has 0 unspecified atom stereocenters. The first-order valence-corrected chi connectivity index (χ1v) is 9.63. The SMILES string of the molecule is CCn1c(=O)c2ccccc2n(CC(=O)Nc2cccc(Cn3ccnc3)c2)c1=O. The number of aromatic nitrogens is 4. The number of anilines is 1. The van der Waals surface area contributed by atoms with Crippen molar-refractivity contribution < 1.29 is 4.79 Å². The number of carbonyl (C=O) groups excluding carboxylic acids is 1. The van der Waals surface area contributed by atoms with Gasteiger partial charge in [-0.25, -0.2) is 9.78 Å². The molecule has 2 heterocycles. The minimum atomic E-state index is -0.495. The molecule has 1 N–H and O–H groups in total. The molecule has 0 radical (unpaired) electrons. The van der Waals surface area contributed by atoms with Crippen molar-refractivity contribution in [3.8, 4) is 0 Å². The Hall–Kier alpha value is -3.94. The van der Waals surface area contributed by atoms with Crippen molar-refractivity contribution in [2.24, 2.45) is 0 Å². The minimum Gasteiger partial charge on any atom is -0.333 e. The second kappa shape index (κ2) is 8.20. The number of benzene rings is 2. The summed E-state index contributed by atoms with van der Waals surface area (Å²) in [6.45, 7) is 2.41. The number of nitrogens with one attached hydrogen (secondary N) is 1. The molecular weight excluding hydrogens is 382 g/mol. The summed E-state index contributed by atoms with van der Waals surface area (Å²) in [4.78, 5) is 42.1. The predicted molar refractivity (Wildman–Crippen MR) is 115 cm³/mol. The highest BCUT2D eigenvalue weighted by atomic mass is 16.2. The number of para-hydroxylation sites is 1. The summed E-state index contributed by atoms with van der Waals surface area (Å²) in [6.07, 6.45) is 5.31. The lowest BCUT2D eigenvalue weighted by atomic mass is 10.2. The lowest BCUT2D eigenvalue weighted by molar-refractivity contribution is -0.116. The molecule has 2 aromatic carbocycles. The van der Waals surface area contributed by atoms with Gasteiger partial charge in [-0.15, -0.1) is 0 Å². The van der Waals surface area contributed by atoms with Crippen LogP contribution >= 0.6 is 0 Å². The second-order valence-electron chi connectivity index (χ2n) is 6.92. The van der Waals surface area contributed by atoms with Gasteiger partial charge in [-0.1, -0.05) is 24.3 Å². The molecule has 0 aliphatic carbocycles. The van der Waals surface area contributed by atoms with Gasteiger partial charge in [0.25, 0.3) is 5.56 Å². The molecule has 1 amide bonds. The summed E-state index contributed by atoms with van der Waals surface area (Å²) in [7, 11) is 0. The van der Waals surface area contributed by atoms with Crippen molar-refractivity contribution in [3.63, 3.8) is 0 Å². The van der Waals surface area contributed by atoms with Crippen LogP contribution in [-0.2, 0) is 24.4 Å². The van der Waals surface area contributed by atoms with Gasteiger partial charge < -0.3 is 9.88 Å². The molecule has 4 aromatic rings. The molecule has 0 aliphatic heterocycles. The van der Waals surface area contributed by atoms with E-state index >= 15 is 0 Å². The van der Waals surface area contributed by atoms with E-state index in [1.165, 1.54) is 4.57 Å². The van der Waals surface area contributed by atoms with Gasteiger partial charge in [0.1, 0.15) is 6.54 Å². The van der Waals surface area contributed by atoms with Gasteiger partial charge in [0.15, 0.2) is 0 Å². The van der Waals surface area contributed by atoms with Crippen molar-refractivity contribution in [1.82, 2.24) is 18.7 Å². The van der Waals surface area contributed by atoms with Crippen LogP contribution in [0.25, 0.3) is 10.9 Å². The van der Waals surface area contributed by atoms with E-state index in [9.17, 15) is 14.4 Å². The maximum atomic E-state index is 12.8. The van der Waals surface area contributed by atoms with E-state index in [0.29, 0.717) is 23.1 Å². The van der Waals surface area contributed by atoms with Crippen molar-refractivity contribution >= 4 is 22.5 Å². The number of hydrogen-bond donors (Lipinski definition) is 1. The van der Waals surface area contributed by atoms with Crippen LogP contribution in [-0.4, -0.2) is 24.6 Å². The third-order valence-corrected chi connectivity index (χ3v) is 4.89. The third kappa shape index (κ3) is 3.80. The Kier molecular flexibility index (Phi) is 5.30. The molecule has 0 bridgehead atoms. The molecule has 2 aromatic heterocycles. The highest BCUT2D eigenvalue weighted by molar-refractivity contribution is 5.91. The van der Waals surface area contributed by atoms with E-state index in [2.05, 4.69) is 10.3 Å². The normalized spacial score (nSPS) is 11.0. The van der Waals surface area contributed by atoms with Crippen LogP contribution in [0.1, 0.15) is 12.5 Å². The number of fused-ring (bicyclic) bond motifs is 1. The maximum Gasteiger partial charge on any atom is 0.331 e. The van der Waals surface area contributed by atoms with E-state index in [-0.39, 0.29) is 24.6 Å². The zero-order chi connectivity index (χ0) is 21.1. The molecule has 0 spiro atoms. The van der Waals surface area contributed by atoms with Crippen molar-refractivity contribution in [3.05, 3.63) is 93.7 Å². The van der Waals surface area contributed by atoms with Crippen LogP contribution in [0.2, 0.25) is 0 Å². The number of amides is 1. The maximum absolute atomic E-state index is 12.8. The fraction of sp³-hybridized carbons (Fsp3) is 0.182. The molecule has 152 valence electrons. The summed E-state index contributed by atoms with van der Waals surface area (Å²) >= 11 is 0. The number of hydrogen-bond acceptors (Lipinski definition) is 4. The zero-order valence-corrected chi connectivity index (χ0v) is 16.5. The molecule has 8 heteroatoms. The lowest BCUT2D eigenvalue weighted by Crippen LogP contribution is -2.41. The zero-order valence-electron chi connectivity index (χ0n) is 16.5. The first-order valence-electron chi connectivity index (χ1n) is 9.63. The van der Waals surface area contributed by atoms with Crippen LogP contribution < -0.4 is 16.6 Å². The van der Waals surface area contributed by atoms with Crippen LogP contribution in [0.4, 0.5) is 5.69 Å². The monoisotopic (exact) mass is 403 g/mol. The Morgan fingerprint density at radius 2 is 1.90 bits per heavy atom. The van der Waals surface area contributed by atoms with E-state index in [1.54, 1.807) is 49.8 Å². The largest absolute Gasteiger partial charge is 0.333 e.